The first-order valence-electron chi connectivity index (χ1n) is 6.77. The van der Waals surface area contributed by atoms with Crippen molar-refractivity contribution in [2.75, 3.05) is 13.2 Å². The fraction of sp³-hybridized carbons (Fsp3) is 0.533. The minimum atomic E-state index is 0.490. The van der Waals surface area contributed by atoms with Crippen LogP contribution in [0.15, 0.2) is 18.2 Å². The first kappa shape index (κ1) is 14.2. The normalized spacial score (nSPS) is 22.8. The van der Waals surface area contributed by atoms with Gasteiger partial charge in [0.1, 0.15) is 11.8 Å². The van der Waals surface area contributed by atoms with Crippen LogP contribution in [0.3, 0.4) is 0 Å². The van der Waals surface area contributed by atoms with E-state index in [0.29, 0.717) is 41.3 Å². The summed E-state index contributed by atoms with van der Waals surface area (Å²) in [6.07, 6.45) is 4.85. The molecule has 2 unspecified atom stereocenters. The molecule has 4 heteroatoms. The van der Waals surface area contributed by atoms with Crippen molar-refractivity contribution in [2.24, 2.45) is 17.6 Å². The lowest BCUT2D eigenvalue weighted by molar-refractivity contribution is 0.153. The number of ether oxygens (including phenoxy) is 1. The second-order valence-electron chi connectivity index (χ2n) is 5.10. The van der Waals surface area contributed by atoms with Gasteiger partial charge < -0.3 is 10.5 Å². The van der Waals surface area contributed by atoms with Crippen LogP contribution < -0.4 is 10.5 Å². The smallest absolute Gasteiger partial charge is 0.138 e. The molecule has 0 bridgehead atoms. The maximum Gasteiger partial charge on any atom is 0.138 e. The van der Waals surface area contributed by atoms with Crippen molar-refractivity contribution in [3.8, 4) is 11.8 Å². The summed E-state index contributed by atoms with van der Waals surface area (Å²) in [7, 11) is 0. The molecule has 0 amide bonds. The van der Waals surface area contributed by atoms with Gasteiger partial charge in [-0.15, -0.1) is 0 Å². The molecule has 2 rings (SSSR count). The minimum Gasteiger partial charge on any atom is -0.492 e. The molecule has 102 valence electrons. The van der Waals surface area contributed by atoms with Crippen molar-refractivity contribution in [1.82, 2.24) is 0 Å². The largest absolute Gasteiger partial charge is 0.492 e. The van der Waals surface area contributed by atoms with E-state index in [9.17, 15) is 0 Å². The van der Waals surface area contributed by atoms with Gasteiger partial charge in [-0.05, 0) is 43.4 Å². The Bertz CT molecular complexity index is 470. The molecule has 2 N–H and O–H groups in total. The van der Waals surface area contributed by atoms with Crippen molar-refractivity contribution >= 4 is 11.6 Å². The Labute approximate surface area is 119 Å². The van der Waals surface area contributed by atoms with E-state index in [1.54, 1.807) is 18.2 Å². The number of nitrogens with two attached hydrogens (primary N) is 1. The average molecular weight is 279 g/mol. The lowest BCUT2D eigenvalue weighted by Crippen LogP contribution is -2.30. The Morgan fingerprint density at radius 2 is 2.05 bits per heavy atom. The number of benzene rings is 1. The van der Waals surface area contributed by atoms with Crippen LogP contribution in [0.1, 0.15) is 31.2 Å². The Morgan fingerprint density at radius 1 is 1.32 bits per heavy atom. The van der Waals surface area contributed by atoms with E-state index in [1.807, 2.05) is 0 Å². The highest BCUT2D eigenvalue weighted by Crippen LogP contribution is 2.31. The number of hydrogen-bond donors (Lipinski definition) is 1. The van der Waals surface area contributed by atoms with E-state index in [2.05, 4.69) is 6.07 Å². The molecule has 0 spiro atoms. The lowest BCUT2D eigenvalue weighted by Gasteiger charge is -2.30. The molecule has 0 radical (unpaired) electrons. The topological polar surface area (TPSA) is 59.0 Å². The monoisotopic (exact) mass is 278 g/mol. The Balaban J connectivity index is 2.01. The SMILES string of the molecule is N#Cc1ccc(Cl)cc1OCC1CCCCC1CN. The summed E-state index contributed by atoms with van der Waals surface area (Å²) in [6, 6.07) is 7.23. The van der Waals surface area contributed by atoms with Gasteiger partial charge >= 0.3 is 0 Å². The molecule has 0 heterocycles. The first-order chi connectivity index (χ1) is 9.24. The molecular weight excluding hydrogens is 260 g/mol. The summed E-state index contributed by atoms with van der Waals surface area (Å²) in [6.45, 7) is 1.34. The fourth-order valence-electron chi connectivity index (χ4n) is 2.72. The highest BCUT2D eigenvalue weighted by molar-refractivity contribution is 6.30. The summed E-state index contributed by atoms with van der Waals surface area (Å²) in [5, 5.41) is 9.64. The second-order valence-corrected chi connectivity index (χ2v) is 5.54. The van der Waals surface area contributed by atoms with Gasteiger partial charge in [-0.1, -0.05) is 24.4 Å². The third kappa shape index (κ3) is 3.62. The van der Waals surface area contributed by atoms with Crippen molar-refractivity contribution in [2.45, 2.75) is 25.7 Å². The molecule has 1 aromatic carbocycles. The zero-order valence-corrected chi connectivity index (χ0v) is 11.7. The molecule has 19 heavy (non-hydrogen) atoms. The predicted molar refractivity (Wildman–Crippen MR) is 76.2 cm³/mol. The second kappa shape index (κ2) is 6.79. The number of hydrogen-bond acceptors (Lipinski definition) is 3. The van der Waals surface area contributed by atoms with Gasteiger partial charge in [0, 0.05) is 11.1 Å². The van der Waals surface area contributed by atoms with Gasteiger partial charge in [0.15, 0.2) is 0 Å². The van der Waals surface area contributed by atoms with Crippen LogP contribution in [0.4, 0.5) is 0 Å². The van der Waals surface area contributed by atoms with Gasteiger partial charge in [0.05, 0.1) is 12.2 Å². The summed E-state index contributed by atoms with van der Waals surface area (Å²) >= 11 is 5.94. The maximum absolute atomic E-state index is 9.05. The highest BCUT2D eigenvalue weighted by atomic mass is 35.5. The summed E-state index contributed by atoms with van der Waals surface area (Å²) < 4.78 is 5.82. The minimum absolute atomic E-state index is 0.490. The molecular formula is C15H19ClN2O. The summed E-state index contributed by atoms with van der Waals surface area (Å²) in [4.78, 5) is 0. The van der Waals surface area contributed by atoms with Gasteiger partial charge in [-0.2, -0.15) is 5.26 Å². The van der Waals surface area contributed by atoms with Crippen molar-refractivity contribution in [3.05, 3.63) is 28.8 Å². The molecule has 0 aliphatic heterocycles. The van der Waals surface area contributed by atoms with Gasteiger partial charge in [-0.3, -0.25) is 0 Å². The molecule has 1 aliphatic rings. The lowest BCUT2D eigenvalue weighted by atomic mass is 9.80. The number of nitrogens with zero attached hydrogens (tertiary/aromatic N) is 1. The Kier molecular flexibility index (Phi) is 5.07. The summed E-state index contributed by atoms with van der Waals surface area (Å²) in [5.41, 5.74) is 6.35. The molecule has 1 aromatic rings. The molecule has 2 atom stereocenters. The molecule has 0 saturated heterocycles. The zero-order valence-electron chi connectivity index (χ0n) is 10.9. The maximum atomic E-state index is 9.05. The Hall–Kier alpha value is -1.24. The van der Waals surface area contributed by atoms with E-state index >= 15 is 0 Å². The molecule has 1 saturated carbocycles. The van der Waals surface area contributed by atoms with E-state index in [1.165, 1.54) is 19.3 Å². The van der Waals surface area contributed by atoms with Gasteiger partial charge in [0.2, 0.25) is 0 Å². The first-order valence-corrected chi connectivity index (χ1v) is 7.15. The molecule has 1 aliphatic carbocycles. The van der Waals surface area contributed by atoms with E-state index in [4.69, 9.17) is 27.3 Å². The fourth-order valence-corrected chi connectivity index (χ4v) is 2.88. The predicted octanol–water partition coefficient (Wildman–Crippen LogP) is 3.36. The average Bonchev–Trinajstić information content (AvgIpc) is 2.45. The summed E-state index contributed by atoms with van der Waals surface area (Å²) in [5.74, 6) is 1.61. The van der Waals surface area contributed by atoms with Crippen LogP contribution in [-0.2, 0) is 0 Å². The third-order valence-electron chi connectivity index (χ3n) is 3.89. The van der Waals surface area contributed by atoms with Crippen LogP contribution in [-0.4, -0.2) is 13.2 Å². The Morgan fingerprint density at radius 3 is 2.74 bits per heavy atom. The molecule has 0 aromatic heterocycles. The van der Waals surface area contributed by atoms with Crippen LogP contribution in [0.25, 0.3) is 0 Å². The van der Waals surface area contributed by atoms with Crippen LogP contribution in [0, 0.1) is 23.2 Å². The van der Waals surface area contributed by atoms with Crippen LogP contribution >= 0.6 is 11.6 Å². The number of rotatable bonds is 4. The van der Waals surface area contributed by atoms with Crippen molar-refractivity contribution < 1.29 is 4.74 Å². The van der Waals surface area contributed by atoms with Gasteiger partial charge in [-0.25, -0.2) is 0 Å². The van der Waals surface area contributed by atoms with Crippen molar-refractivity contribution in [1.29, 1.82) is 5.26 Å². The van der Waals surface area contributed by atoms with Crippen LogP contribution in [0.2, 0.25) is 5.02 Å². The molecule has 1 fully saturated rings. The number of halogens is 1. The van der Waals surface area contributed by atoms with E-state index in [0.717, 1.165) is 6.42 Å². The zero-order chi connectivity index (χ0) is 13.7. The van der Waals surface area contributed by atoms with E-state index in [-0.39, 0.29) is 0 Å². The van der Waals surface area contributed by atoms with Crippen molar-refractivity contribution in [3.63, 3.8) is 0 Å². The third-order valence-corrected chi connectivity index (χ3v) is 4.12. The standard InChI is InChI=1S/C15H19ClN2O/c16-14-6-5-12(9-18)15(7-14)19-10-13-4-2-1-3-11(13)8-17/h5-7,11,13H,1-4,8,10,17H2. The molecule has 3 nitrogen and oxygen atoms in total. The van der Waals surface area contributed by atoms with Gasteiger partial charge in [0.25, 0.3) is 0 Å². The quantitative estimate of drug-likeness (QED) is 0.919. The highest BCUT2D eigenvalue weighted by Gasteiger charge is 2.24. The van der Waals surface area contributed by atoms with E-state index < -0.39 is 0 Å². The number of nitriles is 1. The van der Waals surface area contributed by atoms with Crippen LogP contribution in [0.5, 0.6) is 5.75 Å².